The van der Waals surface area contributed by atoms with Crippen molar-refractivity contribution in [3.8, 4) is 11.3 Å². The molecule has 1 saturated heterocycles. The number of aryl methyl sites for hydroxylation is 2. The molecule has 0 spiro atoms. The summed E-state index contributed by atoms with van der Waals surface area (Å²) >= 11 is 0. The van der Waals surface area contributed by atoms with Gasteiger partial charge in [-0.3, -0.25) is 4.79 Å². The maximum absolute atomic E-state index is 13.6. The standard InChI is InChI=1S/C22H26N4O2/c1-13-4-6-16(7-5-13)19-11-18(20-15(3)25-28-21(20)24-19)22(27)26-9-8-14(2)10-17(26)12-23/h4-7,11,14,17H,8-10,12,23H2,1-3H3. The first-order valence-electron chi connectivity index (χ1n) is 9.83. The number of carbonyl (C=O) groups is 1. The Balaban J connectivity index is 1.81. The molecule has 3 aromatic rings. The van der Waals surface area contributed by atoms with E-state index in [1.54, 1.807) is 0 Å². The summed E-state index contributed by atoms with van der Waals surface area (Å²) in [5.74, 6) is 0.560. The number of amides is 1. The van der Waals surface area contributed by atoms with Crippen molar-refractivity contribution >= 4 is 17.0 Å². The number of aromatic nitrogens is 2. The quantitative estimate of drug-likeness (QED) is 0.751. The minimum atomic E-state index is -0.0191. The normalized spacial score (nSPS) is 19.9. The highest BCUT2D eigenvalue weighted by Crippen LogP contribution is 2.30. The Morgan fingerprint density at radius 3 is 2.75 bits per heavy atom. The van der Waals surface area contributed by atoms with Crippen LogP contribution in [0.1, 0.15) is 41.4 Å². The minimum absolute atomic E-state index is 0.0191. The Bertz CT molecular complexity index is 1010. The second-order valence-electron chi connectivity index (χ2n) is 7.89. The van der Waals surface area contributed by atoms with Gasteiger partial charge in [0.15, 0.2) is 0 Å². The summed E-state index contributed by atoms with van der Waals surface area (Å²) in [6, 6.07) is 10.0. The Labute approximate surface area is 164 Å². The number of likely N-dealkylation sites (tertiary alicyclic amines) is 1. The predicted molar refractivity (Wildman–Crippen MR) is 109 cm³/mol. The number of rotatable bonds is 3. The fourth-order valence-electron chi connectivity index (χ4n) is 4.03. The van der Waals surface area contributed by atoms with E-state index in [9.17, 15) is 4.79 Å². The van der Waals surface area contributed by atoms with Gasteiger partial charge in [-0.2, -0.15) is 0 Å². The van der Waals surface area contributed by atoms with Crippen LogP contribution in [-0.2, 0) is 0 Å². The molecular formula is C22H26N4O2. The van der Waals surface area contributed by atoms with Crippen LogP contribution in [0.25, 0.3) is 22.4 Å². The Kier molecular flexibility index (Phi) is 4.89. The molecule has 2 aromatic heterocycles. The number of pyridine rings is 1. The van der Waals surface area contributed by atoms with Gasteiger partial charge in [0.05, 0.1) is 22.3 Å². The van der Waals surface area contributed by atoms with E-state index in [4.69, 9.17) is 10.3 Å². The molecule has 6 heteroatoms. The first kappa shape index (κ1) is 18.6. The third-order valence-electron chi connectivity index (χ3n) is 5.71. The third kappa shape index (κ3) is 3.29. The lowest BCUT2D eigenvalue weighted by molar-refractivity contribution is 0.0575. The first-order valence-corrected chi connectivity index (χ1v) is 9.83. The van der Waals surface area contributed by atoms with Crippen molar-refractivity contribution in [2.75, 3.05) is 13.1 Å². The molecule has 146 valence electrons. The fourth-order valence-corrected chi connectivity index (χ4v) is 4.03. The maximum Gasteiger partial charge on any atom is 0.259 e. The second kappa shape index (κ2) is 7.36. The molecule has 0 aliphatic carbocycles. The van der Waals surface area contributed by atoms with Crippen LogP contribution in [0.3, 0.4) is 0 Å². The van der Waals surface area contributed by atoms with Gasteiger partial charge in [-0.1, -0.05) is 41.9 Å². The van der Waals surface area contributed by atoms with Crippen molar-refractivity contribution in [2.24, 2.45) is 11.7 Å². The molecule has 0 saturated carbocycles. The molecule has 3 heterocycles. The summed E-state index contributed by atoms with van der Waals surface area (Å²) in [6.07, 6.45) is 1.92. The van der Waals surface area contributed by atoms with Gasteiger partial charge in [0.25, 0.3) is 11.6 Å². The van der Waals surface area contributed by atoms with Crippen LogP contribution in [0.4, 0.5) is 0 Å². The van der Waals surface area contributed by atoms with E-state index in [0.29, 0.717) is 40.5 Å². The molecule has 2 atom stereocenters. The molecule has 0 radical (unpaired) electrons. The minimum Gasteiger partial charge on any atom is -0.335 e. The van der Waals surface area contributed by atoms with Gasteiger partial charge in [-0.05, 0) is 38.7 Å². The lowest BCUT2D eigenvalue weighted by atomic mass is 9.91. The molecule has 1 aliphatic rings. The Morgan fingerprint density at radius 2 is 2.04 bits per heavy atom. The number of fused-ring (bicyclic) bond motifs is 1. The van der Waals surface area contributed by atoms with Gasteiger partial charge in [0.2, 0.25) is 0 Å². The summed E-state index contributed by atoms with van der Waals surface area (Å²) in [4.78, 5) is 20.1. The molecule has 28 heavy (non-hydrogen) atoms. The molecule has 2 N–H and O–H groups in total. The SMILES string of the molecule is Cc1ccc(-c2cc(C(=O)N3CCC(C)CC3CN)c3c(C)noc3n2)cc1. The fraction of sp³-hybridized carbons (Fsp3) is 0.409. The first-order chi connectivity index (χ1) is 13.5. The molecule has 1 aromatic carbocycles. The van der Waals surface area contributed by atoms with E-state index in [1.165, 1.54) is 5.56 Å². The average molecular weight is 378 g/mol. The van der Waals surface area contributed by atoms with Crippen molar-refractivity contribution < 1.29 is 9.32 Å². The smallest absolute Gasteiger partial charge is 0.259 e. The summed E-state index contributed by atoms with van der Waals surface area (Å²) in [6.45, 7) is 7.29. The zero-order chi connectivity index (χ0) is 19.8. The van der Waals surface area contributed by atoms with Crippen LogP contribution in [0.5, 0.6) is 0 Å². The van der Waals surface area contributed by atoms with Crippen molar-refractivity contribution in [2.45, 2.75) is 39.7 Å². The number of carbonyl (C=O) groups excluding carboxylic acids is 1. The molecule has 6 nitrogen and oxygen atoms in total. The lowest BCUT2D eigenvalue weighted by Gasteiger charge is -2.38. The largest absolute Gasteiger partial charge is 0.335 e. The molecule has 1 fully saturated rings. The molecule has 1 amide bonds. The van der Waals surface area contributed by atoms with Crippen LogP contribution in [-0.4, -0.2) is 40.1 Å². The zero-order valence-electron chi connectivity index (χ0n) is 16.6. The lowest BCUT2D eigenvalue weighted by Crippen LogP contribution is -2.49. The van der Waals surface area contributed by atoms with Crippen LogP contribution in [0.2, 0.25) is 0 Å². The number of piperidine rings is 1. The maximum atomic E-state index is 13.6. The van der Waals surface area contributed by atoms with Crippen molar-refractivity contribution in [3.63, 3.8) is 0 Å². The zero-order valence-corrected chi connectivity index (χ0v) is 16.6. The average Bonchev–Trinajstić information content (AvgIpc) is 3.08. The van der Waals surface area contributed by atoms with E-state index in [-0.39, 0.29) is 11.9 Å². The van der Waals surface area contributed by atoms with E-state index >= 15 is 0 Å². The summed E-state index contributed by atoms with van der Waals surface area (Å²) in [7, 11) is 0. The van der Waals surface area contributed by atoms with Gasteiger partial charge in [0.1, 0.15) is 0 Å². The van der Waals surface area contributed by atoms with Crippen LogP contribution in [0.15, 0.2) is 34.9 Å². The van der Waals surface area contributed by atoms with E-state index in [2.05, 4.69) is 17.1 Å². The summed E-state index contributed by atoms with van der Waals surface area (Å²) in [5.41, 5.74) is 10.5. The highest BCUT2D eigenvalue weighted by Gasteiger charge is 2.31. The van der Waals surface area contributed by atoms with Crippen LogP contribution in [0, 0.1) is 19.8 Å². The molecular weight excluding hydrogens is 352 g/mol. The van der Waals surface area contributed by atoms with Gasteiger partial charge in [-0.15, -0.1) is 0 Å². The van der Waals surface area contributed by atoms with Gasteiger partial charge < -0.3 is 15.2 Å². The molecule has 4 rings (SSSR count). The second-order valence-corrected chi connectivity index (χ2v) is 7.89. The molecule has 0 bridgehead atoms. The monoisotopic (exact) mass is 378 g/mol. The Morgan fingerprint density at radius 1 is 1.29 bits per heavy atom. The van der Waals surface area contributed by atoms with Crippen LogP contribution >= 0.6 is 0 Å². The number of nitrogens with zero attached hydrogens (tertiary/aromatic N) is 3. The number of hydrogen-bond donors (Lipinski definition) is 1. The van der Waals surface area contributed by atoms with Crippen molar-refractivity contribution in [1.82, 2.24) is 15.0 Å². The van der Waals surface area contributed by atoms with Gasteiger partial charge in [0, 0.05) is 24.7 Å². The molecule has 1 aliphatic heterocycles. The highest BCUT2D eigenvalue weighted by molar-refractivity contribution is 6.07. The molecule has 2 unspecified atom stereocenters. The Hall–Kier alpha value is -2.73. The number of hydrogen-bond acceptors (Lipinski definition) is 5. The van der Waals surface area contributed by atoms with Crippen LogP contribution < -0.4 is 5.73 Å². The van der Waals surface area contributed by atoms with E-state index in [0.717, 1.165) is 24.9 Å². The van der Waals surface area contributed by atoms with E-state index in [1.807, 2.05) is 49.1 Å². The van der Waals surface area contributed by atoms with Gasteiger partial charge >= 0.3 is 0 Å². The van der Waals surface area contributed by atoms with E-state index < -0.39 is 0 Å². The van der Waals surface area contributed by atoms with Crippen molar-refractivity contribution in [3.05, 3.63) is 47.2 Å². The predicted octanol–water partition coefficient (Wildman–Crippen LogP) is 3.71. The summed E-state index contributed by atoms with van der Waals surface area (Å²) in [5, 5.41) is 4.74. The van der Waals surface area contributed by atoms with Crippen molar-refractivity contribution in [1.29, 1.82) is 0 Å². The summed E-state index contributed by atoms with van der Waals surface area (Å²) < 4.78 is 5.43. The van der Waals surface area contributed by atoms with Gasteiger partial charge in [-0.25, -0.2) is 4.98 Å². The number of benzene rings is 1. The number of nitrogens with two attached hydrogens (primary N) is 1. The topological polar surface area (TPSA) is 85.2 Å². The highest BCUT2D eigenvalue weighted by atomic mass is 16.5. The third-order valence-corrected chi connectivity index (χ3v) is 5.71.